The molecule has 1 unspecified atom stereocenters. The average Bonchev–Trinajstić information content (AvgIpc) is 2.47. The van der Waals surface area contributed by atoms with Gasteiger partial charge in [0.15, 0.2) is 0 Å². The monoisotopic (exact) mass is 444 g/mol. The van der Waals surface area contributed by atoms with Crippen molar-refractivity contribution in [2.24, 2.45) is 0 Å². The van der Waals surface area contributed by atoms with Crippen molar-refractivity contribution in [1.82, 2.24) is 5.32 Å². The molecule has 0 spiro atoms. The summed E-state index contributed by atoms with van der Waals surface area (Å²) in [4.78, 5) is 12.4. The third kappa shape index (κ3) is 5.48. The number of rotatable bonds is 4. The summed E-state index contributed by atoms with van der Waals surface area (Å²) in [5.74, 6) is -0.519. The maximum atomic E-state index is 12.4. The van der Waals surface area contributed by atoms with Crippen LogP contribution >= 0.6 is 69.6 Å². The van der Waals surface area contributed by atoms with E-state index in [2.05, 4.69) is 10.6 Å². The predicted octanol–water partition coefficient (Wildman–Crippen LogP) is 6.19. The maximum absolute atomic E-state index is 12.4. The highest BCUT2D eigenvalue weighted by Gasteiger charge is 2.34. The van der Waals surface area contributed by atoms with Crippen LogP contribution in [-0.2, 0) is 0 Å². The lowest BCUT2D eigenvalue weighted by Gasteiger charge is -2.27. The first-order valence-corrected chi connectivity index (χ1v) is 8.78. The third-order valence-electron chi connectivity index (χ3n) is 2.93. The number of hydrogen-bond donors (Lipinski definition) is 2. The van der Waals surface area contributed by atoms with Gasteiger partial charge in [0.25, 0.3) is 5.91 Å². The number of halogens is 6. The molecule has 1 amide bonds. The van der Waals surface area contributed by atoms with Crippen LogP contribution in [0.25, 0.3) is 0 Å². The third-order valence-corrected chi connectivity index (χ3v) is 4.39. The van der Waals surface area contributed by atoms with E-state index in [1.54, 1.807) is 30.3 Å². The SMILES string of the molecule is O=C(NC(Nc1ccc(Cl)cc1)C(Cl)(Cl)Cl)c1ccc(Cl)cc1Cl. The molecule has 0 heterocycles. The first kappa shape index (κ1) is 19.8. The van der Waals surface area contributed by atoms with Gasteiger partial charge in [-0.25, -0.2) is 0 Å². The van der Waals surface area contributed by atoms with Crippen LogP contribution in [0.4, 0.5) is 5.69 Å². The molecule has 0 radical (unpaired) electrons. The Morgan fingerprint density at radius 1 is 0.917 bits per heavy atom. The molecule has 128 valence electrons. The molecule has 1 atom stereocenters. The van der Waals surface area contributed by atoms with Gasteiger partial charge in [0, 0.05) is 15.7 Å². The Morgan fingerprint density at radius 2 is 1.50 bits per heavy atom. The van der Waals surface area contributed by atoms with Gasteiger partial charge in [0.2, 0.25) is 3.79 Å². The summed E-state index contributed by atoms with van der Waals surface area (Å²) in [5, 5.41) is 6.67. The van der Waals surface area contributed by atoms with Crippen LogP contribution in [0.5, 0.6) is 0 Å². The van der Waals surface area contributed by atoms with E-state index in [1.165, 1.54) is 12.1 Å². The normalized spacial score (nSPS) is 12.6. The smallest absolute Gasteiger partial charge is 0.254 e. The van der Waals surface area contributed by atoms with Gasteiger partial charge in [-0.2, -0.15) is 0 Å². The van der Waals surface area contributed by atoms with Crippen molar-refractivity contribution in [2.45, 2.75) is 9.96 Å². The summed E-state index contributed by atoms with van der Waals surface area (Å²) in [6, 6.07) is 11.2. The number of carbonyl (C=O) groups is 1. The molecule has 2 rings (SSSR count). The van der Waals surface area contributed by atoms with Gasteiger partial charge in [-0.3, -0.25) is 4.79 Å². The van der Waals surface area contributed by atoms with Gasteiger partial charge in [0.05, 0.1) is 10.6 Å². The highest BCUT2D eigenvalue weighted by Crippen LogP contribution is 2.32. The van der Waals surface area contributed by atoms with Crippen molar-refractivity contribution in [3.63, 3.8) is 0 Å². The quantitative estimate of drug-likeness (QED) is 0.434. The maximum Gasteiger partial charge on any atom is 0.254 e. The average molecular weight is 447 g/mol. The van der Waals surface area contributed by atoms with Crippen LogP contribution < -0.4 is 10.6 Å². The first-order chi connectivity index (χ1) is 11.2. The molecule has 0 aliphatic heterocycles. The fourth-order valence-corrected chi connectivity index (χ4v) is 2.74. The molecule has 2 aromatic rings. The molecule has 24 heavy (non-hydrogen) atoms. The lowest BCUT2D eigenvalue weighted by atomic mass is 10.2. The Morgan fingerprint density at radius 3 is 2.04 bits per heavy atom. The van der Waals surface area contributed by atoms with Crippen molar-refractivity contribution in [2.75, 3.05) is 5.32 Å². The van der Waals surface area contributed by atoms with E-state index in [0.29, 0.717) is 15.7 Å². The summed E-state index contributed by atoms with van der Waals surface area (Å²) < 4.78 is -1.81. The number of benzene rings is 2. The van der Waals surface area contributed by atoms with Crippen molar-refractivity contribution in [3.05, 3.63) is 63.1 Å². The van der Waals surface area contributed by atoms with Crippen LogP contribution in [0.3, 0.4) is 0 Å². The minimum Gasteiger partial charge on any atom is -0.362 e. The van der Waals surface area contributed by atoms with Crippen molar-refractivity contribution >= 4 is 81.2 Å². The molecule has 0 aliphatic rings. The van der Waals surface area contributed by atoms with Gasteiger partial charge in [-0.05, 0) is 42.5 Å². The van der Waals surface area contributed by atoms with Crippen LogP contribution in [0, 0.1) is 0 Å². The molecule has 0 aliphatic carbocycles. The standard InChI is InChI=1S/C15H10Cl6N2O/c16-8-1-4-10(5-2-8)22-14(15(19,20)21)23-13(24)11-6-3-9(17)7-12(11)18/h1-7,14,22H,(H,23,24). The van der Waals surface area contributed by atoms with E-state index < -0.39 is 15.9 Å². The first-order valence-electron chi connectivity index (χ1n) is 6.51. The minimum atomic E-state index is -1.81. The number of alkyl halides is 3. The number of anilines is 1. The van der Waals surface area contributed by atoms with Crippen molar-refractivity contribution in [1.29, 1.82) is 0 Å². The van der Waals surface area contributed by atoms with Crippen LogP contribution in [-0.4, -0.2) is 15.9 Å². The number of carbonyl (C=O) groups excluding carboxylic acids is 1. The summed E-state index contributed by atoms with van der Waals surface area (Å²) >= 11 is 35.5. The van der Waals surface area contributed by atoms with Crippen LogP contribution in [0.1, 0.15) is 10.4 Å². The molecule has 3 nitrogen and oxygen atoms in total. The van der Waals surface area contributed by atoms with Gasteiger partial charge in [-0.1, -0.05) is 69.6 Å². The Labute approximate surface area is 169 Å². The van der Waals surface area contributed by atoms with Gasteiger partial charge < -0.3 is 10.6 Å². The molecule has 2 N–H and O–H groups in total. The minimum absolute atomic E-state index is 0.189. The van der Waals surface area contributed by atoms with Crippen LogP contribution in [0.2, 0.25) is 15.1 Å². The van der Waals surface area contributed by atoms with Gasteiger partial charge in [-0.15, -0.1) is 0 Å². The Hall–Kier alpha value is -0.550. The van der Waals surface area contributed by atoms with E-state index >= 15 is 0 Å². The summed E-state index contributed by atoms with van der Waals surface area (Å²) in [6.07, 6.45) is -1.01. The molecule has 9 heteroatoms. The molecule has 0 bridgehead atoms. The Kier molecular flexibility index (Phi) is 6.77. The lowest BCUT2D eigenvalue weighted by molar-refractivity contribution is 0.0942. The molecule has 0 aromatic heterocycles. The van der Waals surface area contributed by atoms with E-state index in [9.17, 15) is 4.79 Å². The van der Waals surface area contributed by atoms with Gasteiger partial charge in [0.1, 0.15) is 6.17 Å². The zero-order valence-electron chi connectivity index (χ0n) is 11.8. The predicted molar refractivity (Wildman–Crippen MR) is 103 cm³/mol. The number of hydrogen-bond acceptors (Lipinski definition) is 2. The number of amides is 1. The zero-order chi connectivity index (χ0) is 17.9. The summed E-state index contributed by atoms with van der Waals surface area (Å²) in [7, 11) is 0. The molecular weight excluding hydrogens is 437 g/mol. The van der Waals surface area contributed by atoms with E-state index in [4.69, 9.17) is 69.6 Å². The second-order valence-corrected chi connectivity index (χ2v) is 8.37. The summed E-state index contributed by atoms with van der Waals surface area (Å²) in [5.41, 5.74) is 0.816. The molecular formula is C15H10Cl6N2O. The van der Waals surface area contributed by atoms with E-state index in [0.717, 1.165) is 0 Å². The van der Waals surface area contributed by atoms with Crippen molar-refractivity contribution < 1.29 is 4.79 Å². The number of nitrogens with one attached hydrogen (secondary N) is 2. The van der Waals surface area contributed by atoms with E-state index in [-0.39, 0.29) is 10.6 Å². The molecule has 0 saturated carbocycles. The Bertz CT molecular complexity index is 730. The summed E-state index contributed by atoms with van der Waals surface area (Å²) in [6.45, 7) is 0. The second-order valence-electron chi connectivity index (χ2n) is 4.72. The van der Waals surface area contributed by atoms with E-state index in [1.807, 2.05) is 0 Å². The van der Waals surface area contributed by atoms with Crippen molar-refractivity contribution in [3.8, 4) is 0 Å². The van der Waals surface area contributed by atoms with Crippen LogP contribution in [0.15, 0.2) is 42.5 Å². The second kappa shape index (κ2) is 8.22. The lowest BCUT2D eigenvalue weighted by Crippen LogP contribution is -2.49. The highest BCUT2D eigenvalue weighted by molar-refractivity contribution is 6.68. The molecule has 0 saturated heterocycles. The van der Waals surface area contributed by atoms with Gasteiger partial charge >= 0.3 is 0 Å². The topological polar surface area (TPSA) is 41.1 Å². The molecule has 0 fully saturated rings. The zero-order valence-corrected chi connectivity index (χ0v) is 16.3. The highest BCUT2D eigenvalue weighted by atomic mass is 35.6. The fraction of sp³-hybridized carbons (Fsp3) is 0.133. The Balaban J connectivity index is 2.19. The fourth-order valence-electron chi connectivity index (χ4n) is 1.79. The largest absolute Gasteiger partial charge is 0.362 e. The molecule has 2 aromatic carbocycles.